The lowest BCUT2D eigenvalue weighted by Crippen LogP contribution is -2.68. The molecule has 6 nitrogen and oxygen atoms in total. The van der Waals surface area contributed by atoms with Gasteiger partial charge in [-0.25, -0.2) is 8.78 Å². The Morgan fingerprint density at radius 2 is 1.54 bits per heavy atom. The van der Waals surface area contributed by atoms with E-state index in [1.165, 1.54) is 11.8 Å². The average molecular weight is 484 g/mol. The van der Waals surface area contributed by atoms with Crippen LogP contribution in [-0.4, -0.2) is 65.0 Å². The Morgan fingerprint density at radius 1 is 0.971 bits per heavy atom. The minimum Gasteiger partial charge on any atom is -0.343 e. The van der Waals surface area contributed by atoms with E-state index in [4.69, 9.17) is 0 Å². The van der Waals surface area contributed by atoms with E-state index < -0.39 is 35.7 Å². The van der Waals surface area contributed by atoms with Crippen molar-refractivity contribution < 1.29 is 23.2 Å². The molecular formula is C27H31F2N3O3. The molecule has 0 aliphatic carbocycles. The Bertz CT molecular complexity index is 1080. The lowest BCUT2D eigenvalue weighted by atomic mass is 9.93. The van der Waals surface area contributed by atoms with Crippen molar-refractivity contribution in [1.82, 2.24) is 15.1 Å². The molecule has 4 rings (SSSR count). The molecule has 0 unspecified atom stereocenters. The van der Waals surface area contributed by atoms with Crippen molar-refractivity contribution in [2.24, 2.45) is 0 Å². The van der Waals surface area contributed by atoms with Crippen molar-refractivity contribution >= 4 is 17.7 Å². The van der Waals surface area contributed by atoms with Crippen LogP contribution in [0.3, 0.4) is 0 Å². The quantitative estimate of drug-likeness (QED) is 0.684. The number of nitrogens with one attached hydrogen (secondary N) is 1. The number of carbonyl (C=O) groups is 3. The first kappa shape index (κ1) is 24.8. The molecule has 3 amide bonds. The second kappa shape index (κ2) is 9.76. The molecule has 186 valence electrons. The molecule has 2 saturated heterocycles. The molecule has 2 aromatic rings. The van der Waals surface area contributed by atoms with Gasteiger partial charge in [0, 0.05) is 13.3 Å². The van der Waals surface area contributed by atoms with Gasteiger partial charge >= 0.3 is 0 Å². The number of benzene rings is 2. The summed E-state index contributed by atoms with van der Waals surface area (Å²) in [5.74, 6) is -1.45. The number of hydrogen-bond acceptors (Lipinski definition) is 3. The molecule has 0 radical (unpaired) electrons. The smallest absolute Gasteiger partial charge is 0.264 e. The van der Waals surface area contributed by atoms with E-state index in [1.807, 2.05) is 54.6 Å². The first-order chi connectivity index (χ1) is 16.6. The molecule has 35 heavy (non-hydrogen) atoms. The van der Waals surface area contributed by atoms with E-state index in [9.17, 15) is 18.8 Å². The predicted molar refractivity (Wildman–Crippen MR) is 128 cm³/mol. The first-order valence-corrected chi connectivity index (χ1v) is 11.9. The normalized spacial score (nSPS) is 22.0. The van der Waals surface area contributed by atoms with Crippen molar-refractivity contribution in [1.29, 1.82) is 0 Å². The van der Waals surface area contributed by atoms with Crippen LogP contribution in [0, 0.1) is 0 Å². The van der Waals surface area contributed by atoms with E-state index in [1.54, 1.807) is 0 Å². The van der Waals surface area contributed by atoms with Crippen molar-refractivity contribution in [2.45, 2.75) is 57.0 Å². The van der Waals surface area contributed by atoms with Gasteiger partial charge in [-0.15, -0.1) is 0 Å². The molecular weight excluding hydrogens is 452 g/mol. The van der Waals surface area contributed by atoms with E-state index in [0.29, 0.717) is 5.92 Å². The van der Waals surface area contributed by atoms with Crippen LogP contribution in [0.25, 0.3) is 0 Å². The van der Waals surface area contributed by atoms with Crippen LogP contribution in [0.4, 0.5) is 8.78 Å². The van der Waals surface area contributed by atoms with Gasteiger partial charge in [0.1, 0.15) is 12.2 Å². The number of amides is 3. The maximum absolute atomic E-state index is 15.2. The molecule has 0 bridgehead atoms. The Balaban J connectivity index is 1.55. The Labute approximate surface area is 204 Å². The molecule has 2 fully saturated rings. The minimum absolute atomic E-state index is 0.197. The number of likely N-dealkylation sites (tertiary alicyclic amines) is 2. The summed E-state index contributed by atoms with van der Waals surface area (Å²) in [4.78, 5) is 40.0. The third-order valence-corrected chi connectivity index (χ3v) is 6.88. The predicted octanol–water partition coefficient (Wildman–Crippen LogP) is 3.53. The fraction of sp³-hybridized carbons (Fsp3) is 0.444. The third-order valence-electron chi connectivity index (χ3n) is 6.88. The summed E-state index contributed by atoms with van der Waals surface area (Å²) in [5, 5.41) is 2.97. The summed E-state index contributed by atoms with van der Waals surface area (Å²) in [6.45, 7) is 4.39. The van der Waals surface area contributed by atoms with Crippen molar-refractivity contribution in [3.63, 3.8) is 0 Å². The van der Waals surface area contributed by atoms with Crippen LogP contribution in [0.1, 0.15) is 55.8 Å². The average Bonchev–Trinajstić information content (AvgIpc) is 3.22. The highest BCUT2D eigenvalue weighted by Crippen LogP contribution is 2.33. The van der Waals surface area contributed by atoms with Crippen LogP contribution < -0.4 is 5.32 Å². The fourth-order valence-electron chi connectivity index (χ4n) is 4.75. The molecule has 3 atom stereocenters. The summed E-state index contributed by atoms with van der Waals surface area (Å²) in [6, 6.07) is 15.6. The second-order valence-corrected chi connectivity index (χ2v) is 9.82. The molecule has 2 aliphatic rings. The number of nitrogens with zero attached hydrogens (tertiary/aromatic N) is 2. The summed E-state index contributed by atoms with van der Waals surface area (Å²) in [7, 11) is 0. The van der Waals surface area contributed by atoms with E-state index in [-0.39, 0.29) is 32.0 Å². The molecule has 8 heteroatoms. The molecule has 0 spiro atoms. The third kappa shape index (κ3) is 5.06. The molecule has 2 heterocycles. The fourth-order valence-corrected chi connectivity index (χ4v) is 4.75. The van der Waals surface area contributed by atoms with Gasteiger partial charge in [-0.3, -0.25) is 14.4 Å². The highest BCUT2D eigenvalue weighted by molar-refractivity contribution is 5.94. The highest BCUT2D eigenvalue weighted by Gasteiger charge is 2.56. The molecule has 0 aromatic heterocycles. The number of halogens is 2. The summed E-state index contributed by atoms with van der Waals surface area (Å²) in [5.41, 5.74) is 0.552. The van der Waals surface area contributed by atoms with Gasteiger partial charge in [0.15, 0.2) is 0 Å². The zero-order valence-electron chi connectivity index (χ0n) is 20.2. The van der Waals surface area contributed by atoms with Gasteiger partial charge in [0.2, 0.25) is 17.5 Å². The Morgan fingerprint density at radius 3 is 2.11 bits per heavy atom. The number of alkyl halides is 2. The molecule has 0 saturated carbocycles. The van der Waals surface area contributed by atoms with Crippen molar-refractivity contribution in [3.8, 4) is 0 Å². The van der Waals surface area contributed by atoms with Crippen LogP contribution in [0.2, 0.25) is 0 Å². The maximum Gasteiger partial charge on any atom is 0.264 e. The molecule has 1 N–H and O–H groups in total. The number of carbonyl (C=O) groups excluding carboxylic acids is 3. The number of hydrogen-bond donors (Lipinski definition) is 1. The summed E-state index contributed by atoms with van der Waals surface area (Å²) >= 11 is 0. The molecule has 2 aromatic carbocycles. The molecule has 2 aliphatic heterocycles. The number of rotatable bonds is 6. The van der Waals surface area contributed by atoms with Gasteiger partial charge < -0.3 is 15.1 Å². The van der Waals surface area contributed by atoms with Gasteiger partial charge in [-0.05, 0) is 22.6 Å². The van der Waals surface area contributed by atoms with Crippen LogP contribution in [-0.2, 0) is 14.4 Å². The van der Waals surface area contributed by atoms with E-state index >= 15 is 4.39 Å². The lowest BCUT2D eigenvalue weighted by molar-refractivity contribution is -0.165. The van der Waals surface area contributed by atoms with E-state index in [2.05, 4.69) is 19.2 Å². The monoisotopic (exact) mass is 483 g/mol. The van der Waals surface area contributed by atoms with Crippen LogP contribution in [0.15, 0.2) is 54.6 Å². The zero-order chi connectivity index (χ0) is 25.3. The first-order valence-electron chi connectivity index (χ1n) is 11.9. The van der Waals surface area contributed by atoms with Crippen molar-refractivity contribution in [3.05, 3.63) is 71.3 Å². The SMILES string of the molecule is CC(=O)N1CC(F)(C(=O)N2C[C@H](F)C[C@H]2C(=O)N[C@@H](c2ccccc2)c2ccc(C(C)C)cc2)C1. The summed E-state index contributed by atoms with van der Waals surface area (Å²) < 4.78 is 29.6. The Hall–Kier alpha value is -3.29. The van der Waals surface area contributed by atoms with Crippen LogP contribution >= 0.6 is 0 Å². The highest BCUT2D eigenvalue weighted by atomic mass is 19.1. The standard InChI is InChI=1S/C27H31F2N3O3/c1-17(2)19-9-11-21(12-10-19)24(20-7-5-4-6-8-20)30-25(34)23-13-22(28)14-32(23)26(35)27(29)15-31(16-27)18(3)33/h4-12,17,22-24H,13-16H2,1-3H3,(H,30,34)/t22-,23+,24+/m1/s1. The van der Waals surface area contributed by atoms with Gasteiger partial charge in [-0.2, -0.15) is 0 Å². The largest absolute Gasteiger partial charge is 0.343 e. The summed E-state index contributed by atoms with van der Waals surface area (Å²) in [6.07, 6.45) is -1.62. The van der Waals surface area contributed by atoms with Gasteiger partial charge in [-0.1, -0.05) is 68.4 Å². The van der Waals surface area contributed by atoms with E-state index in [0.717, 1.165) is 21.6 Å². The van der Waals surface area contributed by atoms with Gasteiger partial charge in [0.05, 0.1) is 25.7 Å². The maximum atomic E-state index is 15.2. The minimum atomic E-state index is -2.29. The second-order valence-electron chi connectivity index (χ2n) is 9.82. The van der Waals surface area contributed by atoms with Crippen molar-refractivity contribution in [2.75, 3.05) is 19.6 Å². The lowest BCUT2D eigenvalue weighted by Gasteiger charge is -2.44. The zero-order valence-corrected chi connectivity index (χ0v) is 20.2. The van der Waals surface area contributed by atoms with Crippen LogP contribution in [0.5, 0.6) is 0 Å². The topological polar surface area (TPSA) is 69.7 Å². The van der Waals surface area contributed by atoms with Gasteiger partial charge in [0.25, 0.3) is 5.91 Å². The Kier molecular flexibility index (Phi) is 6.92.